The van der Waals surface area contributed by atoms with Gasteiger partial charge in [0.1, 0.15) is 5.00 Å². The first-order valence-electron chi connectivity index (χ1n) is 7.68. The molecular formula is C16H27NO2S. The van der Waals surface area contributed by atoms with Gasteiger partial charge in [0, 0.05) is 4.88 Å². The summed E-state index contributed by atoms with van der Waals surface area (Å²) in [5.74, 6) is -0.283. The minimum absolute atomic E-state index is 0.283. The maximum atomic E-state index is 11.8. The molecule has 0 aliphatic heterocycles. The fourth-order valence-corrected chi connectivity index (χ4v) is 2.95. The van der Waals surface area contributed by atoms with Crippen LogP contribution >= 0.6 is 11.3 Å². The summed E-state index contributed by atoms with van der Waals surface area (Å²) in [5.41, 5.74) is 6.29. The lowest BCUT2D eigenvalue weighted by Crippen LogP contribution is -2.07. The maximum Gasteiger partial charge on any atom is 0.341 e. The Morgan fingerprint density at radius 1 is 1.15 bits per heavy atom. The van der Waals surface area contributed by atoms with Crippen LogP contribution in [0.2, 0.25) is 0 Å². The fraction of sp³-hybridized carbons (Fsp3) is 0.688. The number of carbonyl (C=O) groups is 1. The second-order valence-electron chi connectivity index (χ2n) is 5.25. The molecule has 0 aromatic carbocycles. The van der Waals surface area contributed by atoms with E-state index < -0.39 is 0 Å². The molecule has 0 spiro atoms. The summed E-state index contributed by atoms with van der Waals surface area (Å²) in [6.45, 7) is 4.68. The van der Waals surface area contributed by atoms with Crippen LogP contribution in [-0.2, 0) is 4.74 Å². The molecule has 0 bridgehead atoms. The van der Waals surface area contributed by atoms with Crippen molar-refractivity contribution < 1.29 is 9.53 Å². The van der Waals surface area contributed by atoms with Crippen LogP contribution in [0.4, 0.5) is 5.00 Å². The lowest BCUT2D eigenvalue weighted by atomic mass is 10.1. The van der Waals surface area contributed by atoms with Crippen LogP contribution in [0.25, 0.3) is 0 Å². The van der Waals surface area contributed by atoms with E-state index in [2.05, 4.69) is 6.92 Å². The first kappa shape index (κ1) is 17.0. The average molecular weight is 297 g/mol. The van der Waals surface area contributed by atoms with Crippen molar-refractivity contribution in [2.45, 2.75) is 65.2 Å². The summed E-state index contributed by atoms with van der Waals surface area (Å²) in [4.78, 5) is 12.8. The van der Waals surface area contributed by atoms with E-state index in [1.807, 2.05) is 6.92 Å². The SMILES string of the molecule is CCCCCCCCCCOC(=O)c1cc(C)sc1N. The van der Waals surface area contributed by atoms with Gasteiger partial charge in [-0.25, -0.2) is 4.79 Å². The highest BCUT2D eigenvalue weighted by Gasteiger charge is 2.13. The summed E-state index contributed by atoms with van der Waals surface area (Å²) in [6.07, 6.45) is 9.94. The zero-order valence-electron chi connectivity index (χ0n) is 12.7. The van der Waals surface area contributed by atoms with Crippen LogP contribution in [-0.4, -0.2) is 12.6 Å². The molecule has 0 fully saturated rings. The van der Waals surface area contributed by atoms with Gasteiger partial charge in [-0.2, -0.15) is 0 Å². The topological polar surface area (TPSA) is 52.3 Å². The maximum absolute atomic E-state index is 11.8. The molecule has 0 saturated carbocycles. The van der Waals surface area contributed by atoms with Crippen LogP contribution < -0.4 is 5.73 Å². The summed E-state index contributed by atoms with van der Waals surface area (Å²) < 4.78 is 5.26. The summed E-state index contributed by atoms with van der Waals surface area (Å²) in [7, 11) is 0. The van der Waals surface area contributed by atoms with Crippen molar-refractivity contribution in [3.8, 4) is 0 Å². The fourth-order valence-electron chi connectivity index (χ4n) is 2.17. The smallest absolute Gasteiger partial charge is 0.341 e. The molecule has 1 heterocycles. The van der Waals surface area contributed by atoms with Crippen molar-refractivity contribution in [3.05, 3.63) is 16.5 Å². The third-order valence-corrected chi connectivity index (χ3v) is 4.21. The van der Waals surface area contributed by atoms with Crippen LogP contribution in [0.3, 0.4) is 0 Å². The molecule has 114 valence electrons. The monoisotopic (exact) mass is 297 g/mol. The number of hydrogen-bond donors (Lipinski definition) is 1. The number of rotatable bonds is 10. The zero-order valence-corrected chi connectivity index (χ0v) is 13.6. The second-order valence-corrected chi connectivity index (χ2v) is 6.53. The van der Waals surface area contributed by atoms with Crippen molar-refractivity contribution in [1.82, 2.24) is 0 Å². The number of nitrogens with two attached hydrogens (primary N) is 1. The van der Waals surface area contributed by atoms with Crippen molar-refractivity contribution in [1.29, 1.82) is 0 Å². The summed E-state index contributed by atoms with van der Waals surface area (Å²) >= 11 is 1.43. The Labute approximate surface area is 126 Å². The molecule has 1 aromatic heterocycles. The van der Waals surface area contributed by atoms with Gasteiger partial charge >= 0.3 is 5.97 Å². The normalized spacial score (nSPS) is 10.7. The molecule has 1 aromatic rings. The molecule has 4 heteroatoms. The Hall–Kier alpha value is -1.03. The molecule has 0 amide bonds. The zero-order chi connectivity index (χ0) is 14.8. The van der Waals surface area contributed by atoms with Crippen LogP contribution in [0.15, 0.2) is 6.07 Å². The van der Waals surface area contributed by atoms with E-state index in [4.69, 9.17) is 10.5 Å². The Kier molecular flexibility index (Phi) is 8.35. The van der Waals surface area contributed by atoms with Gasteiger partial charge in [-0.3, -0.25) is 0 Å². The Balaban J connectivity index is 2.04. The highest BCUT2D eigenvalue weighted by molar-refractivity contribution is 7.16. The van der Waals surface area contributed by atoms with Gasteiger partial charge in [0.25, 0.3) is 0 Å². The first-order valence-corrected chi connectivity index (χ1v) is 8.49. The molecule has 0 radical (unpaired) electrons. The molecular weight excluding hydrogens is 270 g/mol. The number of anilines is 1. The number of unbranched alkanes of at least 4 members (excludes halogenated alkanes) is 7. The van der Waals surface area contributed by atoms with Gasteiger partial charge in [-0.1, -0.05) is 51.9 Å². The predicted molar refractivity (Wildman–Crippen MR) is 86.4 cm³/mol. The number of carbonyl (C=O) groups excluding carboxylic acids is 1. The van der Waals surface area contributed by atoms with Gasteiger partial charge in [0.05, 0.1) is 12.2 Å². The van der Waals surface area contributed by atoms with E-state index >= 15 is 0 Å². The van der Waals surface area contributed by atoms with E-state index in [1.165, 1.54) is 49.9 Å². The van der Waals surface area contributed by atoms with Gasteiger partial charge in [0.2, 0.25) is 0 Å². The Morgan fingerprint density at radius 3 is 2.30 bits per heavy atom. The first-order chi connectivity index (χ1) is 9.65. The van der Waals surface area contributed by atoms with Gasteiger partial charge < -0.3 is 10.5 Å². The van der Waals surface area contributed by atoms with Crippen molar-refractivity contribution in [2.24, 2.45) is 0 Å². The highest BCUT2D eigenvalue weighted by Crippen LogP contribution is 2.24. The average Bonchev–Trinajstić information content (AvgIpc) is 2.75. The summed E-state index contributed by atoms with van der Waals surface area (Å²) in [5, 5.41) is 0.559. The number of thiophene rings is 1. The lowest BCUT2D eigenvalue weighted by molar-refractivity contribution is 0.0499. The third kappa shape index (κ3) is 6.42. The number of aryl methyl sites for hydroxylation is 1. The Bertz CT molecular complexity index is 401. The van der Waals surface area contributed by atoms with E-state index in [-0.39, 0.29) is 5.97 Å². The van der Waals surface area contributed by atoms with E-state index in [0.717, 1.165) is 17.7 Å². The molecule has 2 N–H and O–H groups in total. The van der Waals surface area contributed by atoms with Gasteiger partial charge in [0.15, 0.2) is 0 Å². The second kappa shape index (κ2) is 9.81. The molecule has 20 heavy (non-hydrogen) atoms. The predicted octanol–water partition coefficient (Wildman–Crippen LogP) is 4.94. The standard InChI is InChI=1S/C16H27NO2S/c1-3-4-5-6-7-8-9-10-11-19-16(18)14-12-13(2)20-15(14)17/h12H,3-11,17H2,1-2H3. The number of ether oxygens (including phenoxy) is 1. The molecule has 3 nitrogen and oxygen atoms in total. The van der Waals surface area contributed by atoms with Crippen LogP contribution in [0.5, 0.6) is 0 Å². The number of esters is 1. The molecule has 0 atom stereocenters. The van der Waals surface area contributed by atoms with Crippen molar-refractivity contribution >= 4 is 22.3 Å². The minimum Gasteiger partial charge on any atom is -0.462 e. The highest BCUT2D eigenvalue weighted by atomic mass is 32.1. The van der Waals surface area contributed by atoms with Crippen molar-refractivity contribution in [2.75, 3.05) is 12.3 Å². The van der Waals surface area contributed by atoms with Gasteiger partial charge in [-0.15, -0.1) is 11.3 Å². The van der Waals surface area contributed by atoms with E-state index in [9.17, 15) is 4.79 Å². The number of nitrogen functional groups attached to an aromatic ring is 1. The van der Waals surface area contributed by atoms with Crippen LogP contribution in [0, 0.1) is 6.92 Å². The van der Waals surface area contributed by atoms with E-state index in [1.54, 1.807) is 6.07 Å². The van der Waals surface area contributed by atoms with E-state index in [0.29, 0.717) is 17.2 Å². The van der Waals surface area contributed by atoms with Gasteiger partial charge in [-0.05, 0) is 19.4 Å². The molecule has 0 unspecified atom stereocenters. The summed E-state index contributed by atoms with van der Waals surface area (Å²) in [6, 6.07) is 1.80. The molecule has 0 aliphatic rings. The molecule has 0 saturated heterocycles. The largest absolute Gasteiger partial charge is 0.462 e. The Morgan fingerprint density at radius 2 is 1.75 bits per heavy atom. The van der Waals surface area contributed by atoms with Crippen LogP contribution in [0.1, 0.15) is 73.5 Å². The number of hydrogen-bond acceptors (Lipinski definition) is 4. The lowest BCUT2D eigenvalue weighted by Gasteiger charge is -2.04. The molecule has 0 aliphatic carbocycles. The quantitative estimate of drug-likeness (QED) is 0.492. The molecule has 1 rings (SSSR count). The van der Waals surface area contributed by atoms with Crippen molar-refractivity contribution in [3.63, 3.8) is 0 Å². The third-order valence-electron chi connectivity index (χ3n) is 3.33. The minimum atomic E-state index is -0.283.